The van der Waals surface area contributed by atoms with Gasteiger partial charge in [0.05, 0.1) is 11.4 Å². The summed E-state index contributed by atoms with van der Waals surface area (Å²) in [6, 6.07) is 5.20. The first-order valence-electron chi connectivity index (χ1n) is 12.8. The van der Waals surface area contributed by atoms with Gasteiger partial charge in [-0.1, -0.05) is 12.1 Å². The van der Waals surface area contributed by atoms with Gasteiger partial charge in [-0.25, -0.2) is 9.59 Å². The molecule has 2 fully saturated rings. The number of amides is 4. The Morgan fingerprint density at radius 2 is 1.11 bits per heavy atom. The zero-order chi connectivity index (χ0) is 26.2. The molecule has 3 rings (SSSR count). The fourth-order valence-electron chi connectivity index (χ4n) is 6.47. The van der Waals surface area contributed by atoms with Gasteiger partial charge >= 0.3 is 12.1 Å². The standard InChI is InChI=1S/C27H46N6O2/c1-17-11-10-12-20(30-22(34)28-18-13-24(2,3)32-25(4,5)14-18)21(17)31-23(35)29-19-15-26(6,7)33-27(8,9)16-19/h10-12,18-19,32-33H,13-16H2,1-9H3,(H2,28,30,34)(H2,29,31,35). The smallest absolute Gasteiger partial charge is 0.319 e. The zero-order valence-electron chi connectivity index (χ0n) is 23.0. The molecular weight excluding hydrogens is 440 g/mol. The Labute approximate surface area is 211 Å². The number of hydrogen-bond acceptors (Lipinski definition) is 4. The van der Waals surface area contributed by atoms with Crippen LogP contribution in [-0.4, -0.2) is 46.3 Å². The van der Waals surface area contributed by atoms with Crippen LogP contribution in [0.15, 0.2) is 18.2 Å². The number of aryl methyl sites for hydroxylation is 1. The third-order valence-electron chi connectivity index (χ3n) is 6.81. The molecule has 35 heavy (non-hydrogen) atoms. The van der Waals surface area contributed by atoms with Crippen molar-refractivity contribution in [2.75, 3.05) is 10.6 Å². The van der Waals surface area contributed by atoms with E-state index in [4.69, 9.17) is 0 Å². The predicted molar refractivity (Wildman–Crippen MR) is 144 cm³/mol. The first-order valence-corrected chi connectivity index (χ1v) is 12.8. The summed E-state index contributed by atoms with van der Waals surface area (Å²) in [5, 5.41) is 19.5. The summed E-state index contributed by atoms with van der Waals surface area (Å²) in [5.74, 6) is 0. The Morgan fingerprint density at radius 3 is 1.54 bits per heavy atom. The lowest BCUT2D eigenvalue weighted by Crippen LogP contribution is -2.62. The van der Waals surface area contributed by atoms with Gasteiger partial charge in [0.2, 0.25) is 0 Å². The molecule has 0 saturated carbocycles. The van der Waals surface area contributed by atoms with Gasteiger partial charge in [-0.15, -0.1) is 0 Å². The van der Waals surface area contributed by atoms with Gasteiger partial charge in [-0.2, -0.15) is 0 Å². The lowest BCUT2D eigenvalue weighted by atomic mass is 9.79. The van der Waals surface area contributed by atoms with E-state index >= 15 is 0 Å². The number of carbonyl (C=O) groups excluding carboxylic acids is 2. The van der Waals surface area contributed by atoms with Crippen molar-refractivity contribution in [2.24, 2.45) is 0 Å². The van der Waals surface area contributed by atoms with Gasteiger partial charge in [-0.05, 0) is 99.6 Å². The first kappa shape index (κ1) is 27.3. The lowest BCUT2D eigenvalue weighted by molar-refractivity contribution is 0.148. The second-order valence-electron chi connectivity index (χ2n) is 13.2. The molecule has 0 unspecified atom stereocenters. The fourth-order valence-corrected chi connectivity index (χ4v) is 6.47. The van der Waals surface area contributed by atoms with Crippen LogP contribution >= 0.6 is 0 Å². The summed E-state index contributed by atoms with van der Waals surface area (Å²) in [6.07, 6.45) is 3.37. The first-order chi connectivity index (χ1) is 15.9. The highest BCUT2D eigenvalue weighted by Gasteiger charge is 2.39. The van der Waals surface area contributed by atoms with E-state index in [0.717, 1.165) is 31.2 Å². The molecule has 0 aromatic heterocycles. The van der Waals surface area contributed by atoms with Crippen LogP contribution in [0.4, 0.5) is 21.0 Å². The largest absolute Gasteiger partial charge is 0.335 e. The van der Waals surface area contributed by atoms with Crippen molar-refractivity contribution < 1.29 is 9.59 Å². The number of nitrogens with one attached hydrogen (secondary N) is 6. The van der Waals surface area contributed by atoms with E-state index < -0.39 is 0 Å². The Balaban J connectivity index is 1.65. The SMILES string of the molecule is Cc1cccc(NC(=O)NC2CC(C)(C)NC(C)(C)C2)c1NC(=O)NC1CC(C)(C)NC(C)(C)C1. The van der Waals surface area contributed by atoms with Crippen molar-refractivity contribution in [3.8, 4) is 0 Å². The minimum absolute atomic E-state index is 0.0524. The normalized spacial score (nSPS) is 23.2. The topological polar surface area (TPSA) is 106 Å². The number of piperidine rings is 2. The molecule has 0 atom stereocenters. The van der Waals surface area contributed by atoms with Crippen LogP contribution in [0.5, 0.6) is 0 Å². The molecule has 8 nitrogen and oxygen atoms in total. The predicted octanol–water partition coefficient (Wildman–Crippen LogP) is 4.86. The summed E-state index contributed by atoms with van der Waals surface area (Å²) < 4.78 is 0. The van der Waals surface area contributed by atoms with E-state index in [0.29, 0.717) is 11.4 Å². The Bertz CT molecular complexity index is 921. The second-order valence-corrected chi connectivity index (χ2v) is 13.2. The van der Waals surface area contributed by atoms with Crippen molar-refractivity contribution >= 4 is 23.4 Å². The van der Waals surface area contributed by atoms with Gasteiger partial charge in [0, 0.05) is 34.2 Å². The molecule has 4 amide bonds. The number of anilines is 2. The summed E-state index contributed by atoms with van der Waals surface area (Å²) in [6.45, 7) is 19.2. The molecule has 8 heteroatoms. The number of hydrogen-bond donors (Lipinski definition) is 6. The molecule has 2 heterocycles. The molecule has 196 valence electrons. The Hall–Kier alpha value is -2.32. The monoisotopic (exact) mass is 486 g/mol. The molecule has 2 aliphatic rings. The van der Waals surface area contributed by atoms with Crippen LogP contribution < -0.4 is 31.9 Å². The molecule has 0 spiro atoms. The highest BCUT2D eigenvalue weighted by atomic mass is 16.2. The van der Waals surface area contributed by atoms with E-state index in [2.05, 4.69) is 87.3 Å². The molecule has 6 N–H and O–H groups in total. The zero-order valence-corrected chi connectivity index (χ0v) is 23.0. The van der Waals surface area contributed by atoms with E-state index in [1.165, 1.54) is 0 Å². The number of carbonyl (C=O) groups is 2. The van der Waals surface area contributed by atoms with Crippen LogP contribution in [0.25, 0.3) is 0 Å². The van der Waals surface area contributed by atoms with Crippen LogP contribution in [0.3, 0.4) is 0 Å². The maximum absolute atomic E-state index is 13.0. The highest BCUT2D eigenvalue weighted by molar-refractivity contribution is 5.99. The van der Waals surface area contributed by atoms with Crippen molar-refractivity contribution in [2.45, 2.75) is 122 Å². The van der Waals surface area contributed by atoms with E-state index in [-0.39, 0.29) is 46.3 Å². The molecule has 0 radical (unpaired) electrons. The molecule has 1 aromatic rings. The van der Waals surface area contributed by atoms with E-state index in [1.807, 2.05) is 25.1 Å². The van der Waals surface area contributed by atoms with E-state index in [1.54, 1.807) is 0 Å². The van der Waals surface area contributed by atoms with Crippen LogP contribution in [-0.2, 0) is 0 Å². The van der Waals surface area contributed by atoms with Crippen LogP contribution in [0.2, 0.25) is 0 Å². The van der Waals surface area contributed by atoms with Gasteiger partial charge in [-0.3, -0.25) is 0 Å². The molecule has 0 bridgehead atoms. The van der Waals surface area contributed by atoms with Crippen molar-refractivity contribution in [1.82, 2.24) is 21.3 Å². The molecule has 1 aromatic carbocycles. The van der Waals surface area contributed by atoms with E-state index in [9.17, 15) is 9.59 Å². The minimum atomic E-state index is -0.264. The average Bonchev–Trinajstić information content (AvgIpc) is 2.58. The summed E-state index contributed by atoms with van der Waals surface area (Å²) in [4.78, 5) is 25.9. The molecule has 0 aliphatic carbocycles. The summed E-state index contributed by atoms with van der Waals surface area (Å²) in [7, 11) is 0. The lowest BCUT2D eigenvalue weighted by Gasteiger charge is -2.46. The average molecular weight is 487 g/mol. The molecule has 2 saturated heterocycles. The second kappa shape index (κ2) is 9.62. The molecule has 2 aliphatic heterocycles. The third-order valence-corrected chi connectivity index (χ3v) is 6.81. The van der Waals surface area contributed by atoms with Crippen molar-refractivity contribution in [3.63, 3.8) is 0 Å². The van der Waals surface area contributed by atoms with Crippen molar-refractivity contribution in [1.29, 1.82) is 0 Å². The van der Waals surface area contributed by atoms with Crippen LogP contribution in [0.1, 0.15) is 86.6 Å². The Morgan fingerprint density at radius 1 is 0.714 bits per heavy atom. The van der Waals surface area contributed by atoms with Crippen molar-refractivity contribution in [3.05, 3.63) is 23.8 Å². The van der Waals surface area contributed by atoms with Crippen LogP contribution in [0, 0.1) is 6.92 Å². The minimum Gasteiger partial charge on any atom is -0.335 e. The summed E-state index contributed by atoms with van der Waals surface area (Å²) >= 11 is 0. The number of para-hydroxylation sites is 1. The van der Waals surface area contributed by atoms with Gasteiger partial charge in [0.1, 0.15) is 0 Å². The van der Waals surface area contributed by atoms with Gasteiger partial charge in [0.25, 0.3) is 0 Å². The number of benzene rings is 1. The maximum atomic E-state index is 13.0. The number of rotatable bonds is 4. The summed E-state index contributed by atoms with van der Waals surface area (Å²) in [5.41, 5.74) is 1.82. The highest BCUT2D eigenvalue weighted by Crippen LogP contribution is 2.31. The fraction of sp³-hybridized carbons (Fsp3) is 0.704. The molecular formula is C27H46N6O2. The van der Waals surface area contributed by atoms with Gasteiger partial charge < -0.3 is 31.9 Å². The van der Waals surface area contributed by atoms with Gasteiger partial charge in [0.15, 0.2) is 0 Å². The maximum Gasteiger partial charge on any atom is 0.319 e. The third kappa shape index (κ3) is 7.84. The quantitative estimate of drug-likeness (QED) is 0.366. The number of urea groups is 2. The Kier molecular flexibility index (Phi) is 7.49.